The Bertz CT molecular complexity index is 1480. The lowest BCUT2D eigenvalue weighted by Crippen LogP contribution is -2.53. The lowest BCUT2D eigenvalue weighted by Gasteiger charge is -2.39. The van der Waals surface area contributed by atoms with E-state index in [0.717, 1.165) is 41.3 Å². The van der Waals surface area contributed by atoms with Gasteiger partial charge >= 0.3 is 0 Å². The molecule has 0 aliphatic carbocycles. The summed E-state index contributed by atoms with van der Waals surface area (Å²) in [6.07, 6.45) is -0.0852. The van der Waals surface area contributed by atoms with Crippen molar-refractivity contribution in [1.29, 1.82) is 0 Å². The van der Waals surface area contributed by atoms with Gasteiger partial charge in [-0.25, -0.2) is 13.2 Å². The second-order valence-electron chi connectivity index (χ2n) is 9.92. The van der Waals surface area contributed by atoms with Gasteiger partial charge in [0.1, 0.15) is 11.7 Å². The molecule has 2 aromatic heterocycles. The summed E-state index contributed by atoms with van der Waals surface area (Å²) in [5.74, 6) is -0.632. The smallest absolute Gasteiger partial charge is 0.258 e. The largest absolute Gasteiger partial charge is 0.482 e. The van der Waals surface area contributed by atoms with Crippen LogP contribution >= 0.6 is 24.0 Å². The van der Waals surface area contributed by atoms with Crippen LogP contribution in [0.4, 0.5) is 18.9 Å². The Labute approximate surface area is 243 Å². The Kier molecular flexibility index (Phi) is 8.75. The zero-order valence-corrected chi connectivity index (χ0v) is 24.0. The number of aromatic nitrogens is 2. The van der Waals surface area contributed by atoms with Gasteiger partial charge in [0.05, 0.1) is 41.5 Å². The number of fused-ring (bicyclic) bond motifs is 3. The predicted octanol–water partition coefficient (Wildman–Crippen LogP) is 3.99. The Morgan fingerprint density at radius 3 is 2.98 bits per heavy atom. The molecule has 5 rings (SSSR count). The number of amides is 1. The van der Waals surface area contributed by atoms with Gasteiger partial charge in [-0.15, -0.1) is 24.0 Å². The van der Waals surface area contributed by atoms with E-state index in [4.69, 9.17) is 27.6 Å². The molecule has 2 bridgehead atoms. The molecule has 41 heavy (non-hydrogen) atoms. The van der Waals surface area contributed by atoms with Crippen molar-refractivity contribution < 1.29 is 27.2 Å². The first-order valence-electron chi connectivity index (χ1n) is 13.0. The van der Waals surface area contributed by atoms with Crippen molar-refractivity contribution in [2.24, 2.45) is 10.7 Å². The SMILES string of the molecule is CO/C(N)=C(/C=NCC(F)F)C(=O)NCc1nc(-c2sc3c(N[C@@H]4C[C@H]5CC[C@@H]([C@@H]4F)N5C)cccc3c2S)no1. The van der Waals surface area contributed by atoms with E-state index < -0.39 is 25.0 Å². The average molecular weight is 610 g/mol. The summed E-state index contributed by atoms with van der Waals surface area (Å²) in [5, 5.41) is 10.9. The number of benzene rings is 1. The lowest BCUT2D eigenvalue weighted by atomic mass is 9.95. The first-order valence-corrected chi connectivity index (χ1v) is 14.2. The Morgan fingerprint density at radius 1 is 1.41 bits per heavy atom. The van der Waals surface area contributed by atoms with Crippen LogP contribution in [0.3, 0.4) is 0 Å². The minimum Gasteiger partial charge on any atom is -0.482 e. The van der Waals surface area contributed by atoms with Crippen LogP contribution in [0.15, 0.2) is 44.1 Å². The minimum atomic E-state index is -2.67. The molecule has 4 atom stereocenters. The highest BCUT2D eigenvalue weighted by Crippen LogP contribution is 2.44. The van der Waals surface area contributed by atoms with E-state index in [1.807, 2.05) is 25.2 Å². The van der Waals surface area contributed by atoms with Gasteiger partial charge in [-0.2, -0.15) is 4.98 Å². The zero-order chi connectivity index (χ0) is 29.3. The molecule has 15 heteroatoms. The van der Waals surface area contributed by atoms with Crippen molar-refractivity contribution in [3.8, 4) is 10.7 Å². The summed E-state index contributed by atoms with van der Waals surface area (Å²) in [7, 11) is 3.24. The van der Waals surface area contributed by atoms with Crippen molar-refractivity contribution in [3.63, 3.8) is 0 Å². The van der Waals surface area contributed by atoms with Gasteiger partial charge in [-0.1, -0.05) is 17.3 Å². The summed E-state index contributed by atoms with van der Waals surface area (Å²) < 4.78 is 51.3. The number of hydrogen-bond donors (Lipinski definition) is 4. The van der Waals surface area contributed by atoms with Crippen LogP contribution in [0, 0.1) is 0 Å². The molecule has 3 aromatic rings. The highest BCUT2D eigenvalue weighted by molar-refractivity contribution is 7.81. The number of rotatable bonds is 10. The number of nitrogens with one attached hydrogen (secondary N) is 2. The monoisotopic (exact) mass is 609 g/mol. The van der Waals surface area contributed by atoms with E-state index in [2.05, 4.69) is 30.7 Å². The second kappa shape index (κ2) is 12.3. The van der Waals surface area contributed by atoms with Gasteiger partial charge in [-0.05, 0) is 32.4 Å². The first kappa shape index (κ1) is 29.2. The summed E-state index contributed by atoms with van der Waals surface area (Å²) in [6.45, 7) is -0.947. The van der Waals surface area contributed by atoms with E-state index in [9.17, 15) is 13.6 Å². The van der Waals surface area contributed by atoms with E-state index in [1.54, 1.807) is 0 Å². The summed E-state index contributed by atoms with van der Waals surface area (Å²) in [6, 6.07) is 5.79. The number of carbonyl (C=O) groups is 1. The fourth-order valence-electron chi connectivity index (χ4n) is 5.35. The fourth-order valence-corrected chi connectivity index (χ4v) is 6.95. The number of nitrogens with zero attached hydrogens (tertiary/aromatic N) is 4. The van der Waals surface area contributed by atoms with Crippen molar-refractivity contribution in [2.75, 3.05) is 26.0 Å². The molecule has 220 valence electrons. The molecule has 2 aliphatic heterocycles. The maximum absolute atomic E-state index is 15.3. The Morgan fingerprint density at radius 2 is 2.22 bits per heavy atom. The van der Waals surface area contributed by atoms with Crippen LogP contribution < -0.4 is 16.4 Å². The number of thiol groups is 1. The van der Waals surface area contributed by atoms with Crippen LogP contribution in [0.2, 0.25) is 0 Å². The predicted molar refractivity (Wildman–Crippen MR) is 153 cm³/mol. The molecule has 1 aromatic carbocycles. The number of methoxy groups -OCH3 is 1. The molecule has 0 unspecified atom stereocenters. The lowest BCUT2D eigenvalue weighted by molar-refractivity contribution is -0.117. The summed E-state index contributed by atoms with van der Waals surface area (Å²) >= 11 is 6.13. The van der Waals surface area contributed by atoms with Crippen LogP contribution in [-0.4, -0.2) is 78.6 Å². The third-order valence-electron chi connectivity index (χ3n) is 7.47. The number of alkyl halides is 3. The quantitative estimate of drug-likeness (QED) is 0.118. The number of nitrogens with two attached hydrogens (primary N) is 1. The number of carbonyl (C=O) groups excluding carboxylic acids is 1. The average Bonchev–Trinajstić information content (AvgIpc) is 3.63. The zero-order valence-electron chi connectivity index (χ0n) is 22.3. The van der Waals surface area contributed by atoms with Gasteiger partial charge in [0.15, 0.2) is 5.88 Å². The maximum atomic E-state index is 15.3. The summed E-state index contributed by atoms with van der Waals surface area (Å²) in [4.78, 5) is 24.0. The molecule has 10 nitrogen and oxygen atoms in total. The third-order valence-corrected chi connectivity index (χ3v) is 9.32. The van der Waals surface area contributed by atoms with Crippen LogP contribution in [-0.2, 0) is 16.1 Å². The topological polar surface area (TPSA) is 131 Å². The van der Waals surface area contributed by atoms with Gasteiger partial charge in [0.25, 0.3) is 12.3 Å². The Hall–Kier alpha value is -3.30. The van der Waals surface area contributed by atoms with Gasteiger partial charge in [0, 0.05) is 28.6 Å². The molecular formula is C26H30F3N7O3S2. The molecule has 0 spiro atoms. The van der Waals surface area contributed by atoms with Gasteiger partial charge in [0.2, 0.25) is 11.7 Å². The highest BCUT2D eigenvalue weighted by atomic mass is 32.1. The van der Waals surface area contributed by atoms with Crippen molar-refractivity contribution in [2.45, 2.75) is 61.4 Å². The first-order chi connectivity index (χ1) is 19.7. The van der Waals surface area contributed by atoms with E-state index in [0.29, 0.717) is 15.8 Å². The number of halogens is 3. The Balaban J connectivity index is 1.31. The highest BCUT2D eigenvalue weighted by Gasteiger charge is 2.46. The molecule has 1 amide bonds. The molecule has 2 fully saturated rings. The minimum absolute atomic E-state index is 0.0644. The van der Waals surface area contributed by atoms with Crippen LogP contribution in [0.25, 0.3) is 20.8 Å². The van der Waals surface area contributed by atoms with Gasteiger partial charge < -0.3 is 25.6 Å². The standard InChI is InChI=1S/C26H30F3N7O3S2/c1-36-12-6-7-17(36)20(29)16(8-12)33-15-5-3-4-13-21(40)23(41-22(13)15)25-34-19(39-35-25)11-32-26(37)14(24(30)38-2)9-31-10-18(27)28/h3-5,9,12,16-18,20,33,40H,6-8,10-11,30H2,1-2H3,(H,32,37)/b24-14-,31-9?/t12-,16-,17+,20-/m1/s1. The number of aliphatic imine (C=N–C) groups is 1. The molecular weight excluding hydrogens is 579 g/mol. The number of hydrogen-bond acceptors (Lipinski definition) is 11. The van der Waals surface area contributed by atoms with Crippen molar-refractivity contribution in [3.05, 3.63) is 35.5 Å². The number of ether oxygens (including phenoxy) is 1. The fraction of sp³-hybridized carbons (Fsp3) is 0.462. The van der Waals surface area contributed by atoms with Gasteiger partial charge in [-0.3, -0.25) is 14.7 Å². The van der Waals surface area contributed by atoms with Crippen molar-refractivity contribution >= 4 is 51.9 Å². The second-order valence-corrected chi connectivity index (χ2v) is 11.4. The molecule has 2 saturated heterocycles. The molecule has 0 radical (unpaired) electrons. The number of piperidine rings is 1. The van der Waals surface area contributed by atoms with Crippen LogP contribution in [0.5, 0.6) is 0 Å². The van der Waals surface area contributed by atoms with E-state index in [-0.39, 0.29) is 41.8 Å². The van der Waals surface area contributed by atoms with Crippen LogP contribution in [0.1, 0.15) is 25.2 Å². The number of anilines is 1. The van der Waals surface area contributed by atoms with Crippen molar-refractivity contribution in [1.82, 2.24) is 20.4 Å². The third kappa shape index (κ3) is 6.02. The number of thiophene rings is 1. The van der Waals surface area contributed by atoms with E-state index in [1.165, 1.54) is 18.4 Å². The summed E-state index contributed by atoms with van der Waals surface area (Å²) in [5.41, 5.74) is 6.28. The molecule has 4 N–H and O–H groups in total. The molecule has 2 aliphatic rings. The maximum Gasteiger partial charge on any atom is 0.258 e. The normalized spacial score (nSPS) is 23.4. The van der Waals surface area contributed by atoms with E-state index >= 15 is 4.39 Å². The molecule has 0 saturated carbocycles. The molecule has 4 heterocycles.